The van der Waals surface area contributed by atoms with Crippen molar-refractivity contribution < 1.29 is 0 Å². The van der Waals surface area contributed by atoms with E-state index in [1.807, 2.05) is 24.3 Å². The summed E-state index contributed by atoms with van der Waals surface area (Å²) >= 11 is 25.3. The Morgan fingerprint density at radius 2 is 1.50 bits per heavy atom. The maximum atomic E-state index is 6.53. The number of benzene rings is 1. The van der Waals surface area contributed by atoms with E-state index in [4.69, 9.17) is 46.4 Å². The van der Waals surface area contributed by atoms with Crippen molar-refractivity contribution >= 4 is 46.4 Å². The van der Waals surface area contributed by atoms with Gasteiger partial charge < -0.3 is 5.32 Å². The van der Waals surface area contributed by atoms with Gasteiger partial charge in [-0.05, 0) is 23.8 Å². The maximum absolute atomic E-state index is 6.53. The third-order valence-corrected chi connectivity index (χ3v) is 7.45. The summed E-state index contributed by atoms with van der Waals surface area (Å²) in [5.41, 5.74) is 0.732. The van der Waals surface area contributed by atoms with Crippen molar-refractivity contribution in [2.75, 3.05) is 52.4 Å². The highest BCUT2D eigenvalue weighted by Crippen LogP contribution is 2.44. The molecule has 3 aliphatic rings. The van der Waals surface area contributed by atoms with Crippen molar-refractivity contribution in [1.82, 2.24) is 20.2 Å². The summed E-state index contributed by atoms with van der Waals surface area (Å²) in [4.78, 5) is 2.49. The smallest absolute Gasteiger partial charge is 0.0700 e. The topological polar surface area (TPSA) is 21.8 Å². The minimum absolute atomic E-state index is 0.362. The van der Waals surface area contributed by atoms with E-state index in [9.17, 15) is 0 Å². The van der Waals surface area contributed by atoms with Crippen molar-refractivity contribution in [3.05, 3.63) is 56.0 Å². The molecule has 28 heavy (non-hydrogen) atoms. The van der Waals surface area contributed by atoms with Gasteiger partial charge in [0.1, 0.15) is 0 Å². The lowest BCUT2D eigenvalue weighted by atomic mass is 9.81. The first-order valence-corrected chi connectivity index (χ1v) is 11.2. The molecule has 0 bridgehead atoms. The van der Waals surface area contributed by atoms with Crippen molar-refractivity contribution in [2.45, 2.75) is 12.0 Å². The molecule has 0 radical (unpaired) electrons. The van der Waals surface area contributed by atoms with E-state index in [2.05, 4.69) is 26.3 Å². The number of hydrogen-bond donors (Lipinski definition) is 1. The normalized spacial score (nSPS) is 28.1. The largest absolute Gasteiger partial charge is 0.314 e. The Morgan fingerprint density at radius 1 is 0.821 bits per heavy atom. The lowest BCUT2D eigenvalue weighted by Crippen LogP contribution is -2.61. The SMILES string of the molecule is ClC1=C(Cl)CC(c2ccc(Cl)c(Cl)c2)(N2CCN(N3CCNCC3)CC2)C=C1. The summed E-state index contributed by atoms with van der Waals surface area (Å²) in [5, 5.41) is 10.8. The summed E-state index contributed by atoms with van der Waals surface area (Å²) in [7, 11) is 0. The molecule has 1 aromatic carbocycles. The molecule has 8 heteroatoms. The first kappa shape index (κ1) is 21.0. The third kappa shape index (κ3) is 4.12. The summed E-state index contributed by atoms with van der Waals surface area (Å²) in [6, 6.07) is 5.87. The average Bonchev–Trinajstić information content (AvgIpc) is 2.73. The van der Waals surface area contributed by atoms with Crippen LogP contribution >= 0.6 is 46.4 Å². The molecule has 0 amide bonds. The first-order chi connectivity index (χ1) is 13.5. The Morgan fingerprint density at radius 3 is 2.14 bits per heavy atom. The fourth-order valence-electron chi connectivity index (χ4n) is 4.36. The molecule has 1 N–H and O–H groups in total. The molecule has 152 valence electrons. The van der Waals surface area contributed by atoms with E-state index in [0.717, 1.165) is 57.9 Å². The van der Waals surface area contributed by atoms with Gasteiger partial charge in [-0.3, -0.25) is 4.90 Å². The Hall–Kier alpha value is -0.300. The Bertz CT molecular complexity index is 782. The molecule has 1 aliphatic carbocycles. The third-order valence-electron chi connectivity index (χ3n) is 5.92. The highest BCUT2D eigenvalue weighted by Gasteiger charge is 2.41. The van der Waals surface area contributed by atoms with Crippen LogP contribution in [0, 0.1) is 0 Å². The van der Waals surface area contributed by atoms with Crippen LogP contribution < -0.4 is 5.32 Å². The van der Waals surface area contributed by atoms with Gasteiger partial charge in [0.05, 0.1) is 20.6 Å². The van der Waals surface area contributed by atoms with Crippen LogP contribution in [0.15, 0.2) is 40.4 Å². The second-order valence-corrected chi connectivity index (χ2v) is 9.14. The molecule has 2 heterocycles. The highest BCUT2D eigenvalue weighted by molar-refractivity contribution is 6.42. The summed E-state index contributed by atoms with van der Waals surface area (Å²) in [6.07, 6.45) is 4.72. The standard InChI is InChI=1S/C20H24Cl4N4/c21-16-2-1-15(13-18(16)23)20(4-3-17(22)19(24)14-20)26-9-11-28(12-10-26)27-7-5-25-6-8-27/h1-4,13,25H,5-12,14H2. The summed E-state index contributed by atoms with van der Waals surface area (Å²) in [6.45, 7) is 8.11. The van der Waals surface area contributed by atoms with Crippen molar-refractivity contribution in [1.29, 1.82) is 0 Å². The van der Waals surface area contributed by atoms with Crippen molar-refractivity contribution in [3.63, 3.8) is 0 Å². The van der Waals surface area contributed by atoms with E-state index in [1.165, 1.54) is 0 Å². The number of halogens is 4. The molecule has 1 aromatic rings. The minimum atomic E-state index is -0.362. The molecule has 2 fully saturated rings. The zero-order valence-corrected chi connectivity index (χ0v) is 18.6. The first-order valence-electron chi connectivity index (χ1n) is 9.64. The number of hydrazine groups is 1. The second-order valence-electron chi connectivity index (χ2n) is 7.46. The quantitative estimate of drug-likeness (QED) is 0.725. The predicted octanol–water partition coefficient (Wildman–Crippen LogP) is 4.28. The van der Waals surface area contributed by atoms with E-state index < -0.39 is 0 Å². The van der Waals surface area contributed by atoms with Crippen LogP contribution in [0.2, 0.25) is 10.0 Å². The molecule has 0 spiro atoms. The van der Waals surface area contributed by atoms with Gasteiger partial charge in [-0.2, -0.15) is 0 Å². The molecule has 4 rings (SSSR count). The number of piperazine rings is 2. The van der Waals surface area contributed by atoms with Crippen LogP contribution in [-0.4, -0.2) is 67.3 Å². The van der Waals surface area contributed by atoms with Gasteiger partial charge in [0.25, 0.3) is 0 Å². The van der Waals surface area contributed by atoms with Gasteiger partial charge in [0.2, 0.25) is 0 Å². The van der Waals surface area contributed by atoms with Crippen LogP contribution in [0.4, 0.5) is 0 Å². The number of nitrogens with zero attached hydrogens (tertiary/aromatic N) is 3. The average molecular weight is 462 g/mol. The van der Waals surface area contributed by atoms with Crippen LogP contribution in [0.5, 0.6) is 0 Å². The monoisotopic (exact) mass is 460 g/mol. The Labute approximate surface area is 186 Å². The van der Waals surface area contributed by atoms with Crippen LogP contribution in [0.3, 0.4) is 0 Å². The van der Waals surface area contributed by atoms with E-state index >= 15 is 0 Å². The molecule has 0 saturated carbocycles. The number of hydrogen-bond acceptors (Lipinski definition) is 4. The lowest BCUT2D eigenvalue weighted by molar-refractivity contribution is -0.0785. The lowest BCUT2D eigenvalue weighted by Gasteiger charge is -2.50. The Kier molecular flexibility index (Phi) is 6.60. The van der Waals surface area contributed by atoms with Gasteiger partial charge in [0.15, 0.2) is 0 Å². The summed E-state index contributed by atoms with van der Waals surface area (Å²) in [5.74, 6) is 0. The highest BCUT2D eigenvalue weighted by atomic mass is 35.5. The molecular weight excluding hydrogens is 438 g/mol. The van der Waals surface area contributed by atoms with E-state index in [1.54, 1.807) is 0 Å². The van der Waals surface area contributed by atoms with Crippen LogP contribution in [0.1, 0.15) is 12.0 Å². The molecular formula is C20H24Cl4N4. The zero-order chi connectivity index (χ0) is 19.7. The fraction of sp³-hybridized carbons (Fsp3) is 0.500. The number of allylic oxidation sites excluding steroid dienone is 2. The van der Waals surface area contributed by atoms with Crippen LogP contribution in [-0.2, 0) is 5.54 Å². The number of nitrogens with one attached hydrogen (secondary N) is 1. The molecule has 1 atom stereocenters. The molecule has 0 aromatic heterocycles. The van der Waals surface area contributed by atoms with Gasteiger partial charge in [-0.15, -0.1) is 0 Å². The Balaban J connectivity index is 1.58. The predicted molar refractivity (Wildman–Crippen MR) is 118 cm³/mol. The molecule has 2 aliphatic heterocycles. The fourth-order valence-corrected chi connectivity index (χ4v) is 5.05. The summed E-state index contributed by atoms with van der Waals surface area (Å²) < 4.78 is 0. The van der Waals surface area contributed by atoms with E-state index in [0.29, 0.717) is 26.5 Å². The second kappa shape index (κ2) is 8.83. The zero-order valence-electron chi connectivity index (χ0n) is 15.6. The van der Waals surface area contributed by atoms with Crippen LogP contribution in [0.25, 0.3) is 0 Å². The minimum Gasteiger partial charge on any atom is -0.314 e. The van der Waals surface area contributed by atoms with Crippen molar-refractivity contribution in [3.8, 4) is 0 Å². The molecule has 2 saturated heterocycles. The molecule has 4 nitrogen and oxygen atoms in total. The van der Waals surface area contributed by atoms with Gasteiger partial charge >= 0.3 is 0 Å². The van der Waals surface area contributed by atoms with E-state index in [-0.39, 0.29) is 5.54 Å². The van der Waals surface area contributed by atoms with Gasteiger partial charge in [0, 0.05) is 63.8 Å². The van der Waals surface area contributed by atoms with Gasteiger partial charge in [-0.1, -0.05) is 58.5 Å². The van der Waals surface area contributed by atoms with Gasteiger partial charge in [-0.25, -0.2) is 10.0 Å². The maximum Gasteiger partial charge on any atom is 0.0700 e. The number of rotatable bonds is 3. The van der Waals surface area contributed by atoms with Crippen molar-refractivity contribution in [2.24, 2.45) is 0 Å². The molecule has 1 unspecified atom stereocenters.